The largest absolute Gasteiger partial charge is 0.386 e. The van der Waals surface area contributed by atoms with Crippen LogP contribution in [0.5, 0.6) is 0 Å². The first-order chi connectivity index (χ1) is 18.5. The first kappa shape index (κ1) is 27.1. The minimum Gasteiger partial charge on any atom is -0.386 e. The molecule has 0 bridgehead atoms. The Morgan fingerprint density at radius 1 is 1.28 bits per heavy atom. The quantitative estimate of drug-likeness (QED) is 0.450. The number of rotatable bonds is 5. The zero-order chi connectivity index (χ0) is 27.9. The summed E-state index contributed by atoms with van der Waals surface area (Å²) in [6.07, 6.45) is 4.73. The number of aryl methyl sites for hydroxylation is 1. The number of nitrogens with one attached hydrogen (secondary N) is 1. The minimum absolute atomic E-state index is 0.183. The number of fused-ring (bicyclic) bond motifs is 1. The highest BCUT2D eigenvalue weighted by Crippen LogP contribution is 2.34. The summed E-state index contributed by atoms with van der Waals surface area (Å²) in [7, 11) is -1.98. The monoisotopic (exact) mass is 571 g/mol. The number of aliphatic hydroxyl groups is 1. The number of aliphatic hydroxyl groups excluding tert-OH is 1. The molecule has 2 N–H and O–H groups in total. The number of hydrogen-bond acceptors (Lipinski definition) is 8. The van der Waals surface area contributed by atoms with Crippen LogP contribution < -0.4 is 9.62 Å². The molecule has 2 aromatic heterocycles. The number of sulfonamides is 1. The fourth-order valence-electron chi connectivity index (χ4n) is 5.23. The van der Waals surface area contributed by atoms with Crippen LogP contribution in [0.2, 0.25) is 5.02 Å². The Morgan fingerprint density at radius 2 is 2.08 bits per heavy atom. The number of amides is 1. The van der Waals surface area contributed by atoms with E-state index in [9.17, 15) is 18.3 Å². The molecule has 0 aliphatic carbocycles. The van der Waals surface area contributed by atoms with Gasteiger partial charge in [-0.2, -0.15) is 5.10 Å². The number of β-amino-alcohol motifs (C(OH)–C–C–N with tert-alkyl or cyclic N) is 1. The maximum absolute atomic E-state index is 13.8. The van der Waals surface area contributed by atoms with Crippen LogP contribution in [0, 0.1) is 6.92 Å². The maximum Gasteiger partial charge on any atom is 0.256 e. The molecular weight excluding hydrogens is 542 g/mol. The van der Waals surface area contributed by atoms with Crippen molar-refractivity contribution in [3.8, 4) is 0 Å². The predicted octanol–water partition coefficient (Wildman–Crippen LogP) is 2.84. The van der Waals surface area contributed by atoms with Crippen molar-refractivity contribution < 1.29 is 18.3 Å². The van der Waals surface area contributed by atoms with E-state index >= 15 is 0 Å². The third kappa shape index (κ3) is 5.65. The van der Waals surface area contributed by atoms with Crippen LogP contribution in [0.15, 0.2) is 41.0 Å². The van der Waals surface area contributed by atoms with Gasteiger partial charge in [-0.05, 0) is 50.3 Å². The Morgan fingerprint density at radius 3 is 2.82 bits per heavy atom. The number of carbonyl (C=O) groups excluding carboxylic acids is 1. The zero-order valence-corrected chi connectivity index (χ0v) is 23.5. The summed E-state index contributed by atoms with van der Waals surface area (Å²) in [5.74, 6) is 3.29. The van der Waals surface area contributed by atoms with Gasteiger partial charge in [-0.3, -0.25) is 9.52 Å². The van der Waals surface area contributed by atoms with Crippen LogP contribution in [0.25, 0.3) is 5.65 Å². The summed E-state index contributed by atoms with van der Waals surface area (Å²) in [4.78, 5) is 26.3. The molecule has 2 saturated heterocycles. The molecule has 1 amide bonds. The average Bonchev–Trinajstić information content (AvgIpc) is 3.46. The summed E-state index contributed by atoms with van der Waals surface area (Å²) >= 11 is 6.19. The molecule has 4 heterocycles. The van der Waals surface area contributed by atoms with Crippen LogP contribution >= 0.6 is 11.6 Å². The van der Waals surface area contributed by atoms with Gasteiger partial charge in [0.25, 0.3) is 5.91 Å². The van der Waals surface area contributed by atoms with Crippen molar-refractivity contribution >= 4 is 50.6 Å². The summed E-state index contributed by atoms with van der Waals surface area (Å²) in [5, 5.41) is 15.5. The second kappa shape index (κ2) is 10.6. The Labute approximate surface area is 231 Å². The van der Waals surface area contributed by atoms with Crippen LogP contribution in [-0.4, -0.2) is 83.8 Å². The van der Waals surface area contributed by atoms with Crippen molar-refractivity contribution in [3.63, 3.8) is 0 Å². The molecule has 0 radical (unpaired) electrons. The van der Waals surface area contributed by atoms with Crippen LogP contribution in [0.3, 0.4) is 0 Å². The highest BCUT2D eigenvalue weighted by molar-refractivity contribution is 7.92. The lowest BCUT2D eigenvalue weighted by molar-refractivity contribution is 0.0607. The zero-order valence-electron chi connectivity index (χ0n) is 21.9. The number of aliphatic imine (C=N–C) groups is 1. The number of likely N-dealkylation sites (tertiary alicyclic amines) is 1. The number of hydrogen-bond donors (Lipinski definition) is 2. The van der Waals surface area contributed by atoms with Gasteiger partial charge in [0.1, 0.15) is 11.9 Å². The van der Waals surface area contributed by atoms with E-state index < -0.39 is 16.1 Å². The molecule has 0 spiro atoms. The molecule has 0 unspecified atom stereocenters. The van der Waals surface area contributed by atoms with Crippen molar-refractivity contribution in [2.24, 2.45) is 4.99 Å². The topological polar surface area (TPSA) is 132 Å². The number of halogens is 1. The van der Waals surface area contributed by atoms with E-state index in [1.807, 2.05) is 24.1 Å². The number of piperidine rings is 1. The lowest BCUT2D eigenvalue weighted by atomic mass is 9.98. The average molecular weight is 572 g/mol. The number of anilines is 2. The number of nitrogens with zero attached hydrogens (tertiary/aromatic N) is 6. The molecule has 2 fully saturated rings. The Hall–Kier alpha value is -3.44. The van der Waals surface area contributed by atoms with E-state index in [1.165, 1.54) is 12.1 Å². The van der Waals surface area contributed by atoms with Gasteiger partial charge >= 0.3 is 0 Å². The molecule has 2 aliphatic heterocycles. The van der Waals surface area contributed by atoms with E-state index in [4.69, 9.17) is 21.7 Å². The Balaban J connectivity index is 1.48. The smallest absolute Gasteiger partial charge is 0.256 e. The summed E-state index contributed by atoms with van der Waals surface area (Å²) in [6, 6.07) is 6.09. The van der Waals surface area contributed by atoms with Crippen LogP contribution in [0.1, 0.15) is 46.9 Å². The van der Waals surface area contributed by atoms with Crippen molar-refractivity contribution in [1.29, 1.82) is 0 Å². The summed E-state index contributed by atoms with van der Waals surface area (Å²) in [5.41, 5.74) is 3.31. The van der Waals surface area contributed by atoms with Gasteiger partial charge in [-0.15, -0.1) is 0 Å². The van der Waals surface area contributed by atoms with E-state index in [-0.39, 0.29) is 23.2 Å². The molecule has 206 valence electrons. The first-order valence-electron chi connectivity index (χ1n) is 12.6. The maximum atomic E-state index is 13.8. The highest BCUT2D eigenvalue weighted by atomic mass is 35.5. The Bertz CT molecular complexity index is 1610. The summed E-state index contributed by atoms with van der Waals surface area (Å²) < 4.78 is 28.0. The van der Waals surface area contributed by atoms with Crippen molar-refractivity contribution in [2.75, 3.05) is 42.6 Å². The second-order valence-electron chi connectivity index (χ2n) is 9.95. The third-order valence-electron chi connectivity index (χ3n) is 6.95. The third-order valence-corrected chi connectivity index (χ3v) is 7.77. The van der Waals surface area contributed by atoms with Crippen molar-refractivity contribution in [2.45, 2.75) is 38.3 Å². The fraction of sp³-hybridized carbons (Fsp3) is 0.423. The molecule has 13 heteroatoms. The normalized spacial score (nSPS) is 19.9. The number of aromatic nitrogens is 3. The molecule has 11 nitrogen and oxygen atoms in total. The van der Waals surface area contributed by atoms with E-state index in [0.717, 1.165) is 36.1 Å². The van der Waals surface area contributed by atoms with Gasteiger partial charge < -0.3 is 14.9 Å². The molecule has 5 rings (SSSR count). The van der Waals surface area contributed by atoms with Gasteiger partial charge in [0.05, 0.1) is 42.3 Å². The lowest BCUT2D eigenvalue weighted by Gasteiger charge is -2.35. The van der Waals surface area contributed by atoms with Gasteiger partial charge in [0.2, 0.25) is 10.0 Å². The lowest BCUT2D eigenvalue weighted by Crippen LogP contribution is -2.39. The molecule has 2 aliphatic rings. The van der Waals surface area contributed by atoms with Crippen LogP contribution in [0.4, 0.5) is 11.5 Å². The number of carbonyl (C=O) groups is 1. The van der Waals surface area contributed by atoms with Crippen LogP contribution in [-0.2, 0) is 10.0 Å². The highest BCUT2D eigenvalue weighted by Gasteiger charge is 2.33. The minimum atomic E-state index is -3.60. The second-order valence-corrected chi connectivity index (χ2v) is 12.1. The van der Waals surface area contributed by atoms with Crippen molar-refractivity contribution in [1.82, 2.24) is 19.5 Å². The van der Waals surface area contributed by atoms with Gasteiger partial charge in [-0.1, -0.05) is 11.6 Å². The van der Waals surface area contributed by atoms with Crippen molar-refractivity contribution in [3.05, 3.63) is 57.9 Å². The molecule has 2 atom stereocenters. The molecule has 3 aromatic rings. The molecular formula is C26H30ClN7O4S. The van der Waals surface area contributed by atoms with Gasteiger partial charge in [0.15, 0.2) is 5.65 Å². The Kier molecular flexibility index (Phi) is 7.39. The van der Waals surface area contributed by atoms with E-state index in [1.54, 1.807) is 22.5 Å². The molecule has 0 saturated carbocycles. The predicted molar refractivity (Wildman–Crippen MR) is 150 cm³/mol. The van der Waals surface area contributed by atoms with Gasteiger partial charge in [-0.25, -0.2) is 22.9 Å². The summed E-state index contributed by atoms with van der Waals surface area (Å²) in [6.45, 7) is 3.33. The van der Waals surface area contributed by atoms with E-state index in [0.29, 0.717) is 42.4 Å². The molecule has 39 heavy (non-hydrogen) atoms. The standard InChI is InChI=1S/C26H30ClN7O4S/c1-16-13-34-24(29-25(16)32-14-17(12-28-2)23(35)15-32)11-21(30-34)22-6-4-5-9-33(22)26(36)19-10-18(27)7-8-20(19)31-39(3,37)38/h7-8,10-11,13,22-23,31,35H,4-6,9,14-15H2,1-3H3/t22-,23+/m0/s1. The SMILES string of the molecule is CN=C=C1CN(c2nc3cc([C@@H]4CCCCN4C(=O)c4cc(Cl)ccc4NS(C)(=O)=O)nn3cc2C)C[C@H]1O. The number of benzene rings is 1. The molecule has 1 aromatic carbocycles. The first-order valence-corrected chi connectivity index (χ1v) is 14.9. The fourth-order valence-corrected chi connectivity index (χ4v) is 5.98. The van der Waals surface area contributed by atoms with E-state index in [2.05, 4.69) is 15.6 Å². The van der Waals surface area contributed by atoms with Gasteiger partial charge in [0, 0.05) is 42.0 Å².